The van der Waals surface area contributed by atoms with Crippen LogP contribution in [0.4, 0.5) is 0 Å². The maximum Gasteiger partial charge on any atom is 0.252 e. The summed E-state index contributed by atoms with van der Waals surface area (Å²) < 4.78 is 7.30. The van der Waals surface area contributed by atoms with Crippen molar-refractivity contribution < 1.29 is 9.53 Å². The van der Waals surface area contributed by atoms with E-state index in [1.54, 1.807) is 12.1 Å². The van der Waals surface area contributed by atoms with Crippen LogP contribution in [-0.2, 0) is 0 Å². The Kier molecular flexibility index (Phi) is 6.50. The Morgan fingerprint density at radius 3 is 2.50 bits per heavy atom. The molecule has 0 heterocycles. The second kappa shape index (κ2) is 8.62. The number of ether oxygens (including phenoxy) is 1. The number of hydrogen-bond acceptors (Lipinski definition) is 2. The van der Waals surface area contributed by atoms with E-state index in [2.05, 4.69) is 49.0 Å². The quantitative estimate of drug-likeness (QED) is 0.755. The number of benzene rings is 2. The lowest BCUT2D eigenvalue weighted by atomic mass is 10.2. The molecule has 22 heavy (non-hydrogen) atoms. The van der Waals surface area contributed by atoms with Crippen molar-refractivity contribution in [1.29, 1.82) is 0 Å². The van der Waals surface area contributed by atoms with Gasteiger partial charge in [-0.1, -0.05) is 55.8 Å². The van der Waals surface area contributed by atoms with Crippen LogP contribution in [0, 0.1) is 11.8 Å². The molecule has 0 aliphatic rings. The van der Waals surface area contributed by atoms with E-state index in [1.807, 2.05) is 36.4 Å². The highest BCUT2D eigenvalue weighted by atomic mass is 79.9. The van der Waals surface area contributed by atoms with Crippen LogP contribution < -0.4 is 10.1 Å². The minimum absolute atomic E-state index is 0.150. The lowest BCUT2D eigenvalue weighted by Crippen LogP contribution is -2.23. The topological polar surface area (TPSA) is 38.3 Å². The van der Waals surface area contributed by atoms with E-state index in [0.717, 1.165) is 14.7 Å². The van der Waals surface area contributed by atoms with E-state index in [9.17, 15) is 4.79 Å². The van der Waals surface area contributed by atoms with E-state index in [1.165, 1.54) is 0 Å². The molecular formula is C17H13Br2NO2. The summed E-state index contributed by atoms with van der Waals surface area (Å²) in [6, 6.07) is 14.8. The highest BCUT2D eigenvalue weighted by Crippen LogP contribution is 2.17. The number of halogens is 2. The van der Waals surface area contributed by atoms with Crippen molar-refractivity contribution in [2.75, 3.05) is 13.2 Å². The summed E-state index contributed by atoms with van der Waals surface area (Å²) in [5.74, 6) is 6.32. The van der Waals surface area contributed by atoms with Crippen LogP contribution >= 0.6 is 31.9 Å². The molecule has 0 aliphatic carbocycles. The third-order valence-corrected chi connectivity index (χ3v) is 3.64. The summed E-state index contributed by atoms with van der Waals surface area (Å²) in [6.45, 7) is 0.566. The molecule has 0 aromatic heterocycles. The van der Waals surface area contributed by atoms with E-state index in [0.29, 0.717) is 5.56 Å². The Balaban J connectivity index is 1.74. The van der Waals surface area contributed by atoms with Crippen molar-refractivity contribution in [2.45, 2.75) is 0 Å². The minimum atomic E-state index is -0.150. The van der Waals surface area contributed by atoms with Gasteiger partial charge in [0.1, 0.15) is 12.4 Å². The lowest BCUT2D eigenvalue weighted by molar-refractivity contribution is 0.0958. The summed E-state index contributed by atoms with van der Waals surface area (Å²) in [4.78, 5) is 11.9. The third kappa shape index (κ3) is 5.55. The molecule has 2 rings (SSSR count). The zero-order valence-corrected chi connectivity index (χ0v) is 14.8. The van der Waals surface area contributed by atoms with Gasteiger partial charge in [0.05, 0.1) is 6.54 Å². The Bertz CT molecular complexity index is 720. The van der Waals surface area contributed by atoms with Crippen molar-refractivity contribution in [3.8, 4) is 17.6 Å². The van der Waals surface area contributed by atoms with Crippen molar-refractivity contribution in [3.05, 3.63) is 63.0 Å². The van der Waals surface area contributed by atoms with Crippen molar-refractivity contribution in [3.63, 3.8) is 0 Å². The zero-order valence-electron chi connectivity index (χ0n) is 11.6. The van der Waals surface area contributed by atoms with Crippen LogP contribution in [0.1, 0.15) is 10.4 Å². The second-order valence-corrected chi connectivity index (χ2v) is 6.12. The highest BCUT2D eigenvalue weighted by molar-refractivity contribution is 9.10. The number of carbonyl (C=O) groups is 1. The molecule has 3 nitrogen and oxygen atoms in total. The SMILES string of the molecule is O=C(NCC#CCOc1cccc(Br)c1)c1cccc(Br)c1. The molecule has 0 spiro atoms. The maximum atomic E-state index is 11.9. The van der Waals surface area contributed by atoms with E-state index < -0.39 is 0 Å². The van der Waals surface area contributed by atoms with Crippen molar-refractivity contribution in [2.24, 2.45) is 0 Å². The first-order valence-corrected chi connectivity index (χ1v) is 8.11. The number of nitrogens with one attached hydrogen (secondary N) is 1. The van der Waals surface area contributed by atoms with Crippen LogP contribution in [0.15, 0.2) is 57.5 Å². The molecule has 0 atom stereocenters. The first-order valence-electron chi connectivity index (χ1n) is 6.53. The normalized spacial score (nSPS) is 9.55. The van der Waals surface area contributed by atoms with Gasteiger partial charge in [-0.25, -0.2) is 0 Å². The van der Waals surface area contributed by atoms with Gasteiger partial charge in [-0.3, -0.25) is 4.79 Å². The molecule has 112 valence electrons. The average Bonchev–Trinajstić information content (AvgIpc) is 2.50. The van der Waals surface area contributed by atoms with Gasteiger partial charge in [-0.15, -0.1) is 0 Å². The predicted octanol–water partition coefficient (Wildman–Crippen LogP) is 4.02. The zero-order chi connectivity index (χ0) is 15.8. The van der Waals surface area contributed by atoms with Gasteiger partial charge in [-0.2, -0.15) is 0 Å². The largest absolute Gasteiger partial charge is 0.481 e. The number of hydrogen-bond donors (Lipinski definition) is 1. The van der Waals surface area contributed by atoms with Crippen LogP contribution in [-0.4, -0.2) is 19.1 Å². The summed E-state index contributed by atoms with van der Waals surface area (Å²) in [5, 5.41) is 2.74. The third-order valence-electron chi connectivity index (χ3n) is 2.66. The molecule has 0 fully saturated rings. The van der Waals surface area contributed by atoms with Crippen molar-refractivity contribution >= 4 is 37.8 Å². The minimum Gasteiger partial charge on any atom is -0.481 e. The average molecular weight is 423 g/mol. The maximum absolute atomic E-state index is 11.9. The highest BCUT2D eigenvalue weighted by Gasteiger charge is 2.03. The molecule has 1 N–H and O–H groups in total. The second-order valence-electron chi connectivity index (χ2n) is 4.29. The van der Waals surface area contributed by atoms with Gasteiger partial charge in [-0.05, 0) is 36.4 Å². The standard InChI is InChI=1S/C17H13Br2NO2/c18-14-6-3-5-13(11-14)17(21)20-9-1-2-10-22-16-8-4-7-15(19)12-16/h3-8,11-12H,9-10H2,(H,20,21). The number of rotatable bonds is 4. The van der Waals surface area contributed by atoms with Gasteiger partial charge in [0.15, 0.2) is 0 Å². The molecule has 2 aromatic rings. The number of amides is 1. The van der Waals surface area contributed by atoms with E-state index in [4.69, 9.17) is 4.74 Å². The fraction of sp³-hybridized carbons (Fsp3) is 0.118. The molecule has 0 saturated carbocycles. The molecule has 0 unspecified atom stereocenters. The monoisotopic (exact) mass is 421 g/mol. The van der Waals surface area contributed by atoms with Crippen LogP contribution in [0.25, 0.3) is 0 Å². The van der Waals surface area contributed by atoms with Crippen LogP contribution in [0.3, 0.4) is 0 Å². The molecule has 0 radical (unpaired) electrons. The summed E-state index contributed by atoms with van der Waals surface area (Å²) in [6.07, 6.45) is 0. The molecule has 0 bridgehead atoms. The lowest BCUT2D eigenvalue weighted by Gasteiger charge is -2.02. The summed E-state index contributed by atoms with van der Waals surface area (Å²) >= 11 is 6.70. The van der Waals surface area contributed by atoms with E-state index >= 15 is 0 Å². The molecular weight excluding hydrogens is 410 g/mol. The smallest absolute Gasteiger partial charge is 0.252 e. The Hall–Kier alpha value is -1.77. The first-order chi connectivity index (χ1) is 10.6. The Morgan fingerprint density at radius 1 is 1.05 bits per heavy atom. The fourth-order valence-corrected chi connectivity index (χ4v) is 2.42. The van der Waals surface area contributed by atoms with Crippen LogP contribution in [0.5, 0.6) is 5.75 Å². The van der Waals surface area contributed by atoms with Crippen molar-refractivity contribution in [1.82, 2.24) is 5.32 Å². The van der Waals surface area contributed by atoms with E-state index in [-0.39, 0.29) is 19.1 Å². The Morgan fingerprint density at radius 2 is 1.77 bits per heavy atom. The van der Waals surface area contributed by atoms with Gasteiger partial charge in [0, 0.05) is 14.5 Å². The van der Waals surface area contributed by atoms with Gasteiger partial charge < -0.3 is 10.1 Å². The molecule has 5 heteroatoms. The predicted molar refractivity (Wildman–Crippen MR) is 93.9 cm³/mol. The molecule has 0 saturated heterocycles. The summed E-state index contributed by atoms with van der Waals surface area (Å²) in [5.41, 5.74) is 0.599. The van der Waals surface area contributed by atoms with Crippen LogP contribution in [0.2, 0.25) is 0 Å². The van der Waals surface area contributed by atoms with Gasteiger partial charge >= 0.3 is 0 Å². The number of carbonyl (C=O) groups excluding carboxylic acids is 1. The molecule has 1 amide bonds. The first kappa shape index (κ1) is 16.6. The fourth-order valence-electron chi connectivity index (χ4n) is 1.65. The van der Waals surface area contributed by atoms with Gasteiger partial charge in [0.2, 0.25) is 0 Å². The molecule has 2 aromatic carbocycles. The molecule has 0 aliphatic heterocycles. The van der Waals surface area contributed by atoms with Gasteiger partial charge in [0.25, 0.3) is 5.91 Å². The Labute approximate surface area is 146 Å². The summed E-state index contributed by atoms with van der Waals surface area (Å²) in [7, 11) is 0.